The maximum Gasteiger partial charge on any atom is 0.246 e. The molecule has 0 radical (unpaired) electrons. The van der Waals surface area contributed by atoms with Gasteiger partial charge in [0.05, 0.1) is 5.54 Å². The van der Waals surface area contributed by atoms with E-state index in [4.69, 9.17) is 10.3 Å². The molecule has 1 aliphatic rings. The summed E-state index contributed by atoms with van der Waals surface area (Å²) < 4.78 is 5.47. The van der Waals surface area contributed by atoms with E-state index in [1.165, 1.54) is 11.1 Å². The van der Waals surface area contributed by atoms with Crippen molar-refractivity contribution in [3.8, 4) is 0 Å². The first kappa shape index (κ1) is 14.3. The van der Waals surface area contributed by atoms with Crippen LogP contribution >= 0.6 is 0 Å². The number of rotatable bonds is 3. The Hall–Kier alpha value is -1.68. The summed E-state index contributed by atoms with van der Waals surface area (Å²) in [7, 11) is 0. The summed E-state index contributed by atoms with van der Waals surface area (Å²) in [4.78, 5) is 4.56. The van der Waals surface area contributed by atoms with Crippen LogP contribution in [0.25, 0.3) is 0 Å². The number of benzene rings is 1. The van der Waals surface area contributed by atoms with Crippen LogP contribution in [0, 0.1) is 12.8 Å². The molecule has 4 heteroatoms. The van der Waals surface area contributed by atoms with E-state index in [1.807, 2.05) is 12.1 Å². The molecule has 2 N–H and O–H groups in total. The normalized spacial score (nSPS) is 26.0. The molecular formula is C17H23N3O. The lowest BCUT2D eigenvalue weighted by atomic mass is 9.78. The van der Waals surface area contributed by atoms with Crippen LogP contribution in [0.3, 0.4) is 0 Å². The Morgan fingerprint density at radius 2 is 2.00 bits per heavy atom. The summed E-state index contributed by atoms with van der Waals surface area (Å²) >= 11 is 0. The van der Waals surface area contributed by atoms with E-state index in [-0.39, 0.29) is 0 Å². The van der Waals surface area contributed by atoms with Crippen molar-refractivity contribution in [3.05, 3.63) is 47.1 Å². The Labute approximate surface area is 125 Å². The molecule has 1 aromatic carbocycles. The highest BCUT2D eigenvalue weighted by molar-refractivity contribution is 5.28. The van der Waals surface area contributed by atoms with Gasteiger partial charge in [-0.25, -0.2) is 0 Å². The zero-order valence-electron chi connectivity index (χ0n) is 12.8. The zero-order chi connectivity index (χ0) is 14.9. The third-order valence-electron chi connectivity index (χ3n) is 4.67. The average Bonchev–Trinajstić information content (AvgIpc) is 2.94. The Balaban J connectivity index is 1.76. The number of aryl methyl sites for hydroxylation is 1. The van der Waals surface area contributed by atoms with E-state index >= 15 is 0 Å². The molecule has 1 aromatic heterocycles. The Bertz CT molecular complexity index is 612. The number of hydrogen-bond acceptors (Lipinski definition) is 4. The molecule has 1 aliphatic carbocycles. The maximum absolute atomic E-state index is 6.48. The van der Waals surface area contributed by atoms with Crippen LogP contribution < -0.4 is 5.73 Å². The third kappa shape index (κ3) is 3.00. The molecule has 112 valence electrons. The largest absolute Gasteiger partial charge is 0.337 e. The maximum atomic E-state index is 6.48. The minimum atomic E-state index is -0.427. The predicted octanol–water partition coefficient (Wildman–Crippen LogP) is 3.33. The molecule has 0 aliphatic heterocycles. The van der Waals surface area contributed by atoms with Gasteiger partial charge in [-0.15, -0.1) is 0 Å². The second-order valence-corrected chi connectivity index (χ2v) is 6.46. The van der Waals surface area contributed by atoms with Crippen molar-refractivity contribution in [2.24, 2.45) is 11.7 Å². The molecule has 1 saturated carbocycles. The smallest absolute Gasteiger partial charge is 0.246 e. The van der Waals surface area contributed by atoms with Gasteiger partial charge in [0.1, 0.15) is 0 Å². The highest BCUT2D eigenvalue weighted by Crippen LogP contribution is 2.36. The van der Waals surface area contributed by atoms with Gasteiger partial charge in [0.15, 0.2) is 5.82 Å². The minimum absolute atomic E-state index is 0.427. The summed E-state index contributed by atoms with van der Waals surface area (Å²) in [5.41, 5.74) is 8.53. The fourth-order valence-corrected chi connectivity index (χ4v) is 3.00. The van der Waals surface area contributed by atoms with E-state index in [1.54, 1.807) is 0 Å². The van der Waals surface area contributed by atoms with Crippen molar-refractivity contribution in [1.29, 1.82) is 0 Å². The molecular weight excluding hydrogens is 262 g/mol. The molecule has 0 spiro atoms. The predicted molar refractivity (Wildman–Crippen MR) is 81.8 cm³/mol. The van der Waals surface area contributed by atoms with Crippen LogP contribution in [0.5, 0.6) is 0 Å². The molecule has 0 atom stereocenters. The van der Waals surface area contributed by atoms with Crippen LogP contribution in [-0.2, 0) is 12.0 Å². The molecule has 0 amide bonds. The average molecular weight is 285 g/mol. The molecule has 1 heterocycles. The van der Waals surface area contributed by atoms with Crippen LogP contribution in [0.15, 0.2) is 28.8 Å². The first-order valence-corrected chi connectivity index (χ1v) is 7.73. The van der Waals surface area contributed by atoms with Crippen LogP contribution in [0.1, 0.15) is 55.4 Å². The van der Waals surface area contributed by atoms with Crippen molar-refractivity contribution in [1.82, 2.24) is 10.1 Å². The van der Waals surface area contributed by atoms with E-state index in [9.17, 15) is 0 Å². The van der Waals surface area contributed by atoms with Crippen molar-refractivity contribution in [3.63, 3.8) is 0 Å². The van der Waals surface area contributed by atoms with E-state index in [0.29, 0.717) is 12.3 Å². The van der Waals surface area contributed by atoms with Crippen LogP contribution in [0.2, 0.25) is 0 Å². The fourth-order valence-electron chi connectivity index (χ4n) is 3.00. The van der Waals surface area contributed by atoms with Gasteiger partial charge in [-0.2, -0.15) is 4.98 Å². The summed E-state index contributed by atoms with van der Waals surface area (Å²) in [5, 5.41) is 4.13. The summed E-state index contributed by atoms with van der Waals surface area (Å²) in [6.45, 7) is 4.38. The van der Waals surface area contributed by atoms with Gasteiger partial charge < -0.3 is 10.3 Å². The van der Waals surface area contributed by atoms with Gasteiger partial charge >= 0.3 is 0 Å². The van der Waals surface area contributed by atoms with Crippen LogP contribution in [0.4, 0.5) is 0 Å². The van der Waals surface area contributed by atoms with Gasteiger partial charge in [0, 0.05) is 6.42 Å². The Kier molecular flexibility index (Phi) is 3.81. The van der Waals surface area contributed by atoms with Gasteiger partial charge in [-0.05, 0) is 49.7 Å². The van der Waals surface area contributed by atoms with Crippen molar-refractivity contribution < 1.29 is 4.52 Å². The molecule has 3 rings (SSSR count). The first-order valence-electron chi connectivity index (χ1n) is 7.73. The summed E-state index contributed by atoms with van der Waals surface area (Å²) in [5.74, 6) is 2.08. The Morgan fingerprint density at radius 3 is 2.71 bits per heavy atom. The van der Waals surface area contributed by atoms with Gasteiger partial charge in [-0.3, -0.25) is 0 Å². The standard InChI is InChI=1S/C17H23N3O/c1-12-7-9-17(18,10-8-12)16-19-15(20-21-16)11-14-6-4-3-5-13(14)2/h3-6,12H,7-11,18H2,1-2H3. The summed E-state index contributed by atoms with van der Waals surface area (Å²) in [6, 6.07) is 8.28. The molecule has 0 saturated heterocycles. The van der Waals surface area contributed by atoms with Crippen LogP contribution in [-0.4, -0.2) is 10.1 Å². The van der Waals surface area contributed by atoms with Crippen molar-refractivity contribution in [2.45, 2.75) is 51.5 Å². The first-order chi connectivity index (χ1) is 10.1. The second-order valence-electron chi connectivity index (χ2n) is 6.46. The number of aromatic nitrogens is 2. The lowest BCUT2D eigenvalue weighted by Gasteiger charge is -2.32. The Morgan fingerprint density at radius 1 is 1.29 bits per heavy atom. The molecule has 0 unspecified atom stereocenters. The quantitative estimate of drug-likeness (QED) is 0.939. The second kappa shape index (κ2) is 5.60. The van der Waals surface area contributed by atoms with E-state index in [2.05, 4.69) is 36.1 Å². The SMILES string of the molecule is Cc1ccccc1Cc1noc(C2(N)CCC(C)CC2)n1. The molecule has 21 heavy (non-hydrogen) atoms. The van der Waals surface area contributed by atoms with Gasteiger partial charge in [-0.1, -0.05) is 36.3 Å². The number of nitrogens with zero attached hydrogens (tertiary/aromatic N) is 2. The summed E-state index contributed by atoms with van der Waals surface area (Å²) in [6.07, 6.45) is 4.82. The van der Waals surface area contributed by atoms with Crippen molar-refractivity contribution >= 4 is 0 Å². The highest BCUT2D eigenvalue weighted by atomic mass is 16.5. The minimum Gasteiger partial charge on any atom is -0.337 e. The fraction of sp³-hybridized carbons (Fsp3) is 0.529. The van der Waals surface area contributed by atoms with Gasteiger partial charge in [0.2, 0.25) is 5.89 Å². The molecule has 1 fully saturated rings. The lowest BCUT2D eigenvalue weighted by molar-refractivity contribution is 0.190. The van der Waals surface area contributed by atoms with Crippen molar-refractivity contribution in [2.75, 3.05) is 0 Å². The zero-order valence-corrected chi connectivity index (χ0v) is 12.8. The topological polar surface area (TPSA) is 64.9 Å². The highest BCUT2D eigenvalue weighted by Gasteiger charge is 2.37. The third-order valence-corrected chi connectivity index (χ3v) is 4.67. The number of hydrogen-bond donors (Lipinski definition) is 1. The van der Waals surface area contributed by atoms with E-state index < -0.39 is 5.54 Å². The van der Waals surface area contributed by atoms with E-state index in [0.717, 1.165) is 37.4 Å². The molecule has 2 aromatic rings. The number of nitrogens with two attached hydrogens (primary N) is 1. The monoisotopic (exact) mass is 285 g/mol. The van der Waals surface area contributed by atoms with Gasteiger partial charge in [0.25, 0.3) is 0 Å². The molecule has 4 nitrogen and oxygen atoms in total. The lowest BCUT2D eigenvalue weighted by Crippen LogP contribution is -2.40. The molecule has 0 bridgehead atoms.